The second-order valence-electron chi connectivity index (χ2n) is 3.39. The molecule has 5 nitrogen and oxygen atoms in total. The first-order valence-corrected chi connectivity index (χ1v) is 5.20. The molecule has 0 aliphatic heterocycles. The molecule has 0 aliphatic carbocycles. The van der Waals surface area contributed by atoms with Gasteiger partial charge in [0.1, 0.15) is 12.2 Å². The van der Waals surface area contributed by atoms with Gasteiger partial charge in [0, 0.05) is 6.08 Å². The van der Waals surface area contributed by atoms with Crippen LogP contribution >= 0.6 is 0 Å². The topological polar surface area (TPSA) is 70.7 Å². The Bertz CT molecular complexity index is 490. The Labute approximate surface area is 98.6 Å². The van der Waals surface area contributed by atoms with Crippen LogP contribution in [-0.2, 0) is 11.3 Å². The van der Waals surface area contributed by atoms with Crippen molar-refractivity contribution >= 4 is 12.0 Å². The molecule has 0 atom stereocenters. The molecule has 1 aromatic carbocycles. The van der Waals surface area contributed by atoms with Gasteiger partial charge in [-0.1, -0.05) is 30.3 Å². The van der Waals surface area contributed by atoms with Gasteiger partial charge < -0.3 is 5.32 Å². The van der Waals surface area contributed by atoms with Crippen molar-refractivity contribution in [2.75, 3.05) is 0 Å². The van der Waals surface area contributed by atoms with Crippen LogP contribution < -0.4 is 5.32 Å². The predicted molar refractivity (Wildman–Crippen MR) is 63.7 cm³/mol. The highest BCUT2D eigenvalue weighted by molar-refractivity contribution is 5.91. The highest BCUT2D eigenvalue weighted by Gasteiger charge is 1.98. The lowest BCUT2D eigenvalue weighted by molar-refractivity contribution is -0.116. The molecule has 1 aromatic heterocycles. The summed E-state index contributed by atoms with van der Waals surface area (Å²) in [4.78, 5) is 15.4. The van der Waals surface area contributed by atoms with Crippen LogP contribution in [0.25, 0.3) is 6.08 Å². The van der Waals surface area contributed by atoms with Crippen LogP contribution in [0, 0.1) is 0 Å². The first-order chi connectivity index (χ1) is 8.34. The number of carbonyl (C=O) groups is 1. The largest absolute Gasteiger partial charge is 0.345 e. The minimum atomic E-state index is -0.162. The third-order valence-corrected chi connectivity index (χ3v) is 2.12. The summed E-state index contributed by atoms with van der Waals surface area (Å²) in [6, 6.07) is 9.64. The Kier molecular flexibility index (Phi) is 3.64. The second-order valence-corrected chi connectivity index (χ2v) is 3.39. The molecule has 0 fully saturated rings. The van der Waals surface area contributed by atoms with Crippen LogP contribution in [0.1, 0.15) is 11.4 Å². The van der Waals surface area contributed by atoms with Crippen molar-refractivity contribution in [3.8, 4) is 0 Å². The number of aromatic amines is 1. The number of H-pyrrole nitrogens is 1. The van der Waals surface area contributed by atoms with Crippen molar-refractivity contribution in [2.24, 2.45) is 0 Å². The zero-order valence-electron chi connectivity index (χ0n) is 9.13. The number of nitrogens with zero attached hydrogens (tertiary/aromatic N) is 2. The molecule has 0 saturated carbocycles. The molecular weight excluding hydrogens is 216 g/mol. The van der Waals surface area contributed by atoms with E-state index in [1.54, 1.807) is 6.08 Å². The van der Waals surface area contributed by atoms with Gasteiger partial charge in [0.2, 0.25) is 5.91 Å². The number of carbonyl (C=O) groups excluding carboxylic acids is 1. The maximum atomic E-state index is 11.5. The van der Waals surface area contributed by atoms with Crippen LogP contribution in [0.4, 0.5) is 0 Å². The van der Waals surface area contributed by atoms with Crippen LogP contribution in [0.3, 0.4) is 0 Å². The van der Waals surface area contributed by atoms with Gasteiger partial charge in [0.25, 0.3) is 0 Å². The molecule has 0 saturated heterocycles. The van der Waals surface area contributed by atoms with Crippen molar-refractivity contribution in [2.45, 2.75) is 6.54 Å². The fraction of sp³-hybridized carbons (Fsp3) is 0.0833. The SMILES string of the molecule is O=C(/C=C/c1ccccc1)NCc1ncn[nH]1. The normalized spacial score (nSPS) is 10.6. The Morgan fingerprint density at radius 1 is 1.35 bits per heavy atom. The number of nitrogens with one attached hydrogen (secondary N) is 2. The lowest BCUT2D eigenvalue weighted by atomic mass is 10.2. The lowest BCUT2D eigenvalue weighted by Crippen LogP contribution is -2.20. The molecular formula is C12H12N4O. The van der Waals surface area contributed by atoms with Crippen molar-refractivity contribution in [1.29, 1.82) is 0 Å². The molecule has 0 aliphatic rings. The molecule has 1 heterocycles. The molecule has 5 heteroatoms. The molecule has 0 unspecified atom stereocenters. The van der Waals surface area contributed by atoms with E-state index in [9.17, 15) is 4.79 Å². The van der Waals surface area contributed by atoms with Gasteiger partial charge in [0.15, 0.2) is 0 Å². The van der Waals surface area contributed by atoms with Gasteiger partial charge in [0.05, 0.1) is 6.54 Å². The molecule has 0 bridgehead atoms. The summed E-state index contributed by atoms with van der Waals surface area (Å²) in [5.41, 5.74) is 0.988. The molecule has 0 spiro atoms. The summed E-state index contributed by atoms with van der Waals surface area (Å²) < 4.78 is 0. The van der Waals surface area contributed by atoms with Gasteiger partial charge in [-0.2, -0.15) is 5.10 Å². The summed E-state index contributed by atoms with van der Waals surface area (Å²) in [6.45, 7) is 0.345. The van der Waals surface area contributed by atoms with E-state index in [4.69, 9.17) is 0 Å². The van der Waals surface area contributed by atoms with Crippen molar-refractivity contribution in [1.82, 2.24) is 20.5 Å². The van der Waals surface area contributed by atoms with E-state index in [-0.39, 0.29) is 5.91 Å². The van der Waals surface area contributed by atoms with Crippen molar-refractivity contribution in [3.63, 3.8) is 0 Å². The first-order valence-electron chi connectivity index (χ1n) is 5.20. The summed E-state index contributed by atoms with van der Waals surface area (Å²) in [6.07, 6.45) is 4.66. The first kappa shape index (κ1) is 11.1. The molecule has 2 rings (SSSR count). The van der Waals surface area contributed by atoms with E-state index in [1.165, 1.54) is 12.4 Å². The molecule has 2 N–H and O–H groups in total. The third-order valence-electron chi connectivity index (χ3n) is 2.12. The Balaban J connectivity index is 1.83. The van der Waals surface area contributed by atoms with Crippen molar-refractivity contribution < 1.29 is 4.79 Å². The quantitative estimate of drug-likeness (QED) is 0.771. The highest BCUT2D eigenvalue weighted by Crippen LogP contribution is 2.00. The standard InChI is InChI=1S/C12H12N4O/c17-12(13-8-11-14-9-15-16-11)7-6-10-4-2-1-3-5-10/h1-7,9H,8H2,(H,13,17)(H,14,15,16)/b7-6+. The smallest absolute Gasteiger partial charge is 0.244 e. The average molecular weight is 228 g/mol. The fourth-order valence-corrected chi connectivity index (χ4v) is 1.28. The van der Waals surface area contributed by atoms with Crippen LogP contribution in [0.15, 0.2) is 42.7 Å². The molecule has 17 heavy (non-hydrogen) atoms. The molecule has 86 valence electrons. The predicted octanol–water partition coefficient (Wildman–Crippen LogP) is 1.13. The van der Waals surface area contributed by atoms with Crippen LogP contribution in [-0.4, -0.2) is 21.1 Å². The van der Waals surface area contributed by atoms with Gasteiger partial charge in [-0.15, -0.1) is 0 Å². The maximum absolute atomic E-state index is 11.5. The maximum Gasteiger partial charge on any atom is 0.244 e. The number of hydrogen-bond donors (Lipinski definition) is 2. The zero-order valence-corrected chi connectivity index (χ0v) is 9.13. The average Bonchev–Trinajstić information content (AvgIpc) is 2.88. The number of aromatic nitrogens is 3. The lowest BCUT2D eigenvalue weighted by Gasteiger charge is -1.97. The Morgan fingerprint density at radius 2 is 2.18 bits per heavy atom. The van der Waals surface area contributed by atoms with E-state index in [1.807, 2.05) is 30.3 Å². The monoisotopic (exact) mass is 228 g/mol. The summed E-state index contributed by atoms with van der Waals surface area (Å²) in [7, 11) is 0. The second kappa shape index (κ2) is 5.60. The van der Waals surface area contributed by atoms with Crippen molar-refractivity contribution in [3.05, 3.63) is 54.1 Å². The van der Waals surface area contributed by atoms with Gasteiger partial charge in [-0.25, -0.2) is 4.98 Å². The highest BCUT2D eigenvalue weighted by atomic mass is 16.1. The molecule has 0 radical (unpaired) electrons. The van der Waals surface area contributed by atoms with E-state index in [0.717, 1.165) is 5.56 Å². The van der Waals surface area contributed by atoms with Gasteiger partial charge in [-0.05, 0) is 11.6 Å². The minimum Gasteiger partial charge on any atom is -0.345 e. The summed E-state index contributed by atoms with van der Waals surface area (Å²) in [5.74, 6) is 0.469. The van der Waals surface area contributed by atoms with Gasteiger partial charge >= 0.3 is 0 Å². The number of benzene rings is 1. The fourth-order valence-electron chi connectivity index (χ4n) is 1.28. The Hall–Kier alpha value is -2.43. The molecule has 2 aromatic rings. The zero-order chi connectivity index (χ0) is 11.9. The summed E-state index contributed by atoms with van der Waals surface area (Å²) in [5, 5.41) is 9.05. The number of amides is 1. The van der Waals surface area contributed by atoms with Crippen LogP contribution in [0.5, 0.6) is 0 Å². The summed E-state index contributed by atoms with van der Waals surface area (Å²) >= 11 is 0. The van der Waals surface area contributed by atoms with E-state index >= 15 is 0 Å². The third kappa shape index (κ3) is 3.57. The van der Waals surface area contributed by atoms with E-state index < -0.39 is 0 Å². The van der Waals surface area contributed by atoms with Crippen LogP contribution in [0.2, 0.25) is 0 Å². The number of rotatable bonds is 4. The molecule has 1 amide bonds. The number of hydrogen-bond acceptors (Lipinski definition) is 3. The van der Waals surface area contributed by atoms with E-state index in [2.05, 4.69) is 20.5 Å². The van der Waals surface area contributed by atoms with E-state index in [0.29, 0.717) is 12.4 Å². The Morgan fingerprint density at radius 3 is 2.88 bits per heavy atom. The minimum absolute atomic E-state index is 0.162. The van der Waals surface area contributed by atoms with Gasteiger partial charge in [-0.3, -0.25) is 9.89 Å².